The number of rotatable bonds is 5. The Hall–Kier alpha value is -3.45. The molecule has 0 saturated carbocycles. The molecule has 5 rings (SSSR count). The summed E-state index contributed by atoms with van der Waals surface area (Å²) in [6, 6.07) is 13.8. The van der Waals surface area contributed by atoms with E-state index in [1.54, 1.807) is 10.9 Å². The molecular formula is C24H25N5O2. The Kier molecular flexibility index (Phi) is 5.03. The van der Waals surface area contributed by atoms with Crippen LogP contribution in [0.2, 0.25) is 0 Å². The number of nitrogens with zero attached hydrogens (tertiary/aromatic N) is 4. The topological polar surface area (TPSA) is 76.2 Å². The summed E-state index contributed by atoms with van der Waals surface area (Å²) < 4.78 is 7.92. The molecule has 1 amide bonds. The van der Waals surface area contributed by atoms with Gasteiger partial charge in [0.05, 0.1) is 30.4 Å². The number of para-hydroxylation sites is 1. The lowest BCUT2D eigenvalue weighted by molar-refractivity contribution is -0.123. The number of furan rings is 1. The van der Waals surface area contributed by atoms with Crippen molar-refractivity contribution in [3.8, 4) is 0 Å². The molecule has 0 radical (unpaired) electrons. The molecule has 158 valence electrons. The highest BCUT2D eigenvalue weighted by Crippen LogP contribution is 2.31. The molecule has 1 aliphatic rings. The second kappa shape index (κ2) is 8.00. The predicted molar refractivity (Wildman–Crippen MR) is 117 cm³/mol. The number of hydrogen-bond acceptors (Lipinski definition) is 5. The van der Waals surface area contributed by atoms with Gasteiger partial charge < -0.3 is 9.73 Å². The zero-order valence-corrected chi connectivity index (χ0v) is 17.7. The number of fused-ring (bicyclic) bond motifs is 2. The molecule has 3 aromatic heterocycles. The number of hydrogen-bond donors (Lipinski definition) is 1. The maximum absolute atomic E-state index is 13.1. The van der Waals surface area contributed by atoms with E-state index in [2.05, 4.69) is 33.3 Å². The van der Waals surface area contributed by atoms with Crippen molar-refractivity contribution in [1.29, 1.82) is 0 Å². The van der Waals surface area contributed by atoms with Crippen molar-refractivity contribution in [2.75, 3.05) is 6.54 Å². The first-order chi connectivity index (χ1) is 15.1. The Bertz CT molecular complexity index is 1230. The summed E-state index contributed by atoms with van der Waals surface area (Å²) in [6.07, 6.45) is 3.74. The fourth-order valence-electron chi connectivity index (χ4n) is 4.33. The van der Waals surface area contributed by atoms with E-state index in [0.717, 1.165) is 45.8 Å². The van der Waals surface area contributed by atoms with E-state index in [4.69, 9.17) is 4.42 Å². The molecule has 1 N–H and O–H groups in total. The van der Waals surface area contributed by atoms with Gasteiger partial charge in [-0.3, -0.25) is 19.4 Å². The van der Waals surface area contributed by atoms with Gasteiger partial charge in [-0.25, -0.2) is 0 Å². The van der Waals surface area contributed by atoms with Crippen molar-refractivity contribution in [2.24, 2.45) is 7.05 Å². The molecule has 0 unspecified atom stereocenters. The molecule has 0 spiro atoms. The van der Waals surface area contributed by atoms with Gasteiger partial charge in [0.1, 0.15) is 11.3 Å². The van der Waals surface area contributed by atoms with Crippen LogP contribution in [0.25, 0.3) is 11.0 Å². The average molecular weight is 415 g/mol. The molecule has 1 aromatic carbocycles. The summed E-state index contributed by atoms with van der Waals surface area (Å²) >= 11 is 0. The van der Waals surface area contributed by atoms with Gasteiger partial charge in [0.15, 0.2) is 0 Å². The Morgan fingerprint density at radius 2 is 2.06 bits per heavy atom. The third-order valence-electron chi connectivity index (χ3n) is 5.90. The van der Waals surface area contributed by atoms with Gasteiger partial charge in [-0.2, -0.15) is 5.10 Å². The van der Waals surface area contributed by atoms with Gasteiger partial charge in [-0.15, -0.1) is 0 Å². The molecular weight excluding hydrogens is 390 g/mol. The molecule has 4 aromatic rings. The van der Waals surface area contributed by atoms with Gasteiger partial charge in [-0.1, -0.05) is 24.3 Å². The molecule has 7 nitrogen and oxygen atoms in total. The molecule has 31 heavy (non-hydrogen) atoms. The zero-order valence-electron chi connectivity index (χ0n) is 17.7. The highest BCUT2D eigenvalue weighted by atomic mass is 16.3. The third kappa shape index (κ3) is 3.84. The van der Waals surface area contributed by atoms with Crippen molar-refractivity contribution in [1.82, 2.24) is 25.0 Å². The number of pyridine rings is 1. The van der Waals surface area contributed by atoms with Crippen LogP contribution in [-0.2, 0) is 31.5 Å². The molecule has 0 aliphatic carbocycles. The third-order valence-corrected chi connectivity index (χ3v) is 5.90. The molecule has 4 heterocycles. The van der Waals surface area contributed by atoms with Crippen LogP contribution in [0.5, 0.6) is 0 Å². The van der Waals surface area contributed by atoms with E-state index in [9.17, 15) is 4.79 Å². The highest BCUT2D eigenvalue weighted by molar-refractivity contribution is 5.84. The lowest BCUT2D eigenvalue weighted by Gasteiger charge is -2.30. The fraction of sp³-hybridized carbons (Fsp3) is 0.292. The van der Waals surface area contributed by atoms with Crippen LogP contribution in [0.4, 0.5) is 0 Å². The van der Waals surface area contributed by atoms with Gasteiger partial charge in [0, 0.05) is 43.5 Å². The van der Waals surface area contributed by atoms with Crippen molar-refractivity contribution in [3.63, 3.8) is 0 Å². The number of nitrogens with one attached hydrogen (secondary N) is 1. The number of amides is 1. The number of carbonyl (C=O) groups excluding carboxylic acids is 1. The van der Waals surface area contributed by atoms with E-state index >= 15 is 0 Å². The van der Waals surface area contributed by atoms with Crippen LogP contribution < -0.4 is 5.32 Å². The zero-order chi connectivity index (χ0) is 21.4. The number of benzene rings is 1. The van der Waals surface area contributed by atoms with Gasteiger partial charge in [0.25, 0.3) is 0 Å². The maximum atomic E-state index is 13.1. The van der Waals surface area contributed by atoms with Crippen molar-refractivity contribution < 1.29 is 9.21 Å². The van der Waals surface area contributed by atoms with E-state index in [1.807, 2.05) is 49.6 Å². The number of aromatic nitrogens is 3. The molecule has 0 saturated heterocycles. The van der Waals surface area contributed by atoms with Gasteiger partial charge >= 0.3 is 0 Å². The smallest absolute Gasteiger partial charge is 0.230 e. The van der Waals surface area contributed by atoms with Crippen LogP contribution in [0.1, 0.15) is 34.2 Å². The van der Waals surface area contributed by atoms with Gasteiger partial charge in [-0.05, 0) is 30.7 Å². The normalized spacial score (nSPS) is 16.4. The highest BCUT2D eigenvalue weighted by Gasteiger charge is 2.33. The Morgan fingerprint density at radius 1 is 1.23 bits per heavy atom. The number of carbonyl (C=O) groups is 1. The van der Waals surface area contributed by atoms with E-state index in [0.29, 0.717) is 19.6 Å². The first-order valence-corrected chi connectivity index (χ1v) is 10.5. The Morgan fingerprint density at radius 3 is 2.87 bits per heavy atom. The first-order valence-electron chi connectivity index (χ1n) is 10.5. The summed E-state index contributed by atoms with van der Waals surface area (Å²) in [5.74, 6) is 0.580. The summed E-state index contributed by atoms with van der Waals surface area (Å²) in [7, 11) is 1.90. The minimum absolute atomic E-state index is 0.0309. The SMILES string of the molecule is Cc1c(CN2Cc3cn(C)nc3[C@@H](C(=O)NCc3ccccn3)C2)oc2ccccc12. The van der Waals surface area contributed by atoms with E-state index < -0.39 is 0 Å². The van der Waals surface area contributed by atoms with Crippen molar-refractivity contribution in [3.05, 3.63) is 83.1 Å². The second-order valence-electron chi connectivity index (χ2n) is 8.12. The van der Waals surface area contributed by atoms with Gasteiger partial charge in [0.2, 0.25) is 5.91 Å². The quantitative estimate of drug-likeness (QED) is 0.541. The van der Waals surface area contributed by atoms with E-state index in [-0.39, 0.29) is 11.8 Å². The largest absolute Gasteiger partial charge is 0.459 e. The van der Waals surface area contributed by atoms with Crippen molar-refractivity contribution >= 4 is 16.9 Å². The fourth-order valence-corrected chi connectivity index (χ4v) is 4.33. The number of aryl methyl sites for hydroxylation is 2. The lowest BCUT2D eigenvalue weighted by atomic mass is 9.95. The minimum atomic E-state index is -0.335. The summed E-state index contributed by atoms with van der Waals surface area (Å²) in [5, 5.41) is 8.77. The molecule has 0 bridgehead atoms. The van der Waals surface area contributed by atoms with Crippen LogP contribution >= 0.6 is 0 Å². The standard InChI is InChI=1S/C24H25N5O2/c1-16-19-8-3-4-9-21(19)31-22(16)15-29-13-17-12-28(2)27-23(17)20(14-29)24(30)26-11-18-7-5-6-10-25-18/h3-10,12,20H,11,13-15H2,1-2H3,(H,26,30)/t20-/m0/s1. The summed E-state index contributed by atoms with van der Waals surface area (Å²) in [6.45, 7) is 4.48. The molecule has 1 aliphatic heterocycles. The summed E-state index contributed by atoms with van der Waals surface area (Å²) in [5.41, 5.74) is 4.84. The average Bonchev–Trinajstić information content (AvgIpc) is 3.31. The van der Waals surface area contributed by atoms with Crippen LogP contribution in [0, 0.1) is 6.92 Å². The lowest BCUT2D eigenvalue weighted by Crippen LogP contribution is -2.40. The van der Waals surface area contributed by atoms with Crippen LogP contribution in [-0.4, -0.2) is 32.1 Å². The Labute approximate surface area is 180 Å². The summed E-state index contributed by atoms with van der Waals surface area (Å²) in [4.78, 5) is 19.7. The van der Waals surface area contributed by atoms with Crippen LogP contribution in [0.15, 0.2) is 59.3 Å². The molecule has 1 atom stereocenters. The Balaban J connectivity index is 1.37. The first kappa shape index (κ1) is 19.5. The maximum Gasteiger partial charge on any atom is 0.230 e. The minimum Gasteiger partial charge on any atom is -0.459 e. The van der Waals surface area contributed by atoms with E-state index in [1.165, 1.54) is 0 Å². The van der Waals surface area contributed by atoms with Crippen LogP contribution in [0.3, 0.4) is 0 Å². The second-order valence-corrected chi connectivity index (χ2v) is 8.12. The molecule has 7 heteroatoms. The monoisotopic (exact) mass is 415 g/mol. The van der Waals surface area contributed by atoms with Crippen molar-refractivity contribution in [2.45, 2.75) is 32.5 Å². The predicted octanol–water partition coefficient (Wildman–Crippen LogP) is 3.29. The molecule has 0 fully saturated rings.